The molecule has 1 unspecified atom stereocenters. The predicted molar refractivity (Wildman–Crippen MR) is 65.0 cm³/mol. The molecule has 0 spiro atoms. The maximum Gasteiger partial charge on any atom is 0.326 e. The SMILES string of the molecule is CC(C)(C)Cc1cn2c(n1)CCCC2C(=O)O. The summed E-state index contributed by atoms with van der Waals surface area (Å²) in [4.78, 5) is 15.7. The maximum absolute atomic E-state index is 11.2. The molecule has 17 heavy (non-hydrogen) atoms. The minimum Gasteiger partial charge on any atom is -0.480 e. The van der Waals surface area contributed by atoms with Crippen molar-refractivity contribution in [2.75, 3.05) is 0 Å². The molecule has 0 bridgehead atoms. The molecule has 2 rings (SSSR count). The Morgan fingerprint density at radius 2 is 2.29 bits per heavy atom. The second-order valence-electron chi connectivity index (χ2n) is 6.04. The third kappa shape index (κ3) is 2.68. The number of carboxylic acid groups (broad SMARTS) is 1. The van der Waals surface area contributed by atoms with Crippen molar-refractivity contribution in [1.82, 2.24) is 9.55 Å². The van der Waals surface area contributed by atoms with Crippen molar-refractivity contribution >= 4 is 5.97 Å². The Morgan fingerprint density at radius 3 is 2.88 bits per heavy atom. The van der Waals surface area contributed by atoms with Crippen molar-refractivity contribution in [1.29, 1.82) is 0 Å². The van der Waals surface area contributed by atoms with Crippen LogP contribution in [-0.2, 0) is 17.6 Å². The van der Waals surface area contributed by atoms with Gasteiger partial charge in [0.05, 0.1) is 5.69 Å². The Bertz CT molecular complexity index is 429. The van der Waals surface area contributed by atoms with Crippen molar-refractivity contribution in [3.63, 3.8) is 0 Å². The van der Waals surface area contributed by atoms with Crippen molar-refractivity contribution in [2.24, 2.45) is 5.41 Å². The molecule has 0 fully saturated rings. The van der Waals surface area contributed by atoms with E-state index in [4.69, 9.17) is 0 Å². The van der Waals surface area contributed by atoms with Crippen LogP contribution in [0, 0.1) is 5.41 Å². The highest BCUT2D eigenvalue weighted by atomic mass is 16.4. The number of hydrogen-bond donors (Lipinski definition) is 1. The van der Waals surface area contributed by atoms with Crippen LogP contribution in [0.5, 0.6) is 0 Å². The molecule has 2 heterocycles. The Kier molecular flexibility index (Phi) is 2.98. The normalized spacial score (nSPS) is 20.1. The number of rotatable bonds is 2. The summed E-state index contributed by atoms with van der Waals surface area (Å²) < 4.78 is 1.85. The molecule has 0 saturated heterocycles. The summed E-state index contributed by atoms with van der Waals surface area (Å²) in [6, 6.07) is -0.417. The summed E-state index contributed by atoms with van der Waals surface area (Å²) >= 11 is 0. The van der Waals surface area contributed by atoms with Gasteiger partial charge in [0.1, 0.15) is 11.9 Å². The van der Waals surface area contributed by atoms with Gasteiger partial charge in [-0.15, -0.1) is 0 Å². The van der Waals surface area contributed by atoms with E-state index in [0.717, 1.165) is 30.8 Å². The molecule has 1 atom stereocenters. The largest absolute Gasteiger partial charge is 0.480 e. The van der Waals surface area contributed by atoms with Gasteiger partial charge in [0.15, 0.2) is 0 Å². The fourth-order valence-corrected chi connectivity index (χ4v) is 2.41. The predicted octanol–water partition coefficient (Wildman–Crippen LogP) is 2.43. The van der Waals surface area contributed by atoms with Crippen LogP contribution in [0.4, 0.5) is 0 Å². The molecular weight excluding hydrogens is 216 g/mol. The first-order valence-corrected chi connectivity index (χ1v) is 6.16. The molecule has 1 aromatic heterocycles. The Hall–Kier alpha value is -1.32. The molecule has 0 radical (unpaired) electrons. The highest BCUT2D eigenvalue weighted by molar-refractivity contribution is 5.72. The molecule has 1 aliphatic heterocycles. The molecule has 0 amide bonds. The molecule has 1 aliphatic rings. The van der Waals surface area contributed by atoms with Crippen LogP contribution in [0.15, 0.2) is 6.20 Å². The third-order valence-corrected chi connectivity index (χ3v) is 3.07. The van der Waals surface area contributed by atoms with Gasteiger partial charge in [-0.3, -0.25) is 0 Å². The van der Waals surface area contributed by atoms with Gasteiger partial charge in [-0.25, -0.2) is 9.78 Å². The average molecular weight is 236 g/mol. The lowest BCUT2D eigenvalue weighted by Crippen LogP contribution is -2.24. The number of aromatic nitrogens is 2. The standard InChI is InChI=1S/C13H20N2O2/c1-13(2,3)7-9-8-15-10(12(16)17)5-4-6-11(15)14-9/h8,10H,4-7H2,1-3H3,(H,16,17). The first-order valence-electron chi connectivity index (χ1n) is 6.16. The number of aryl methyl sites for hydroxylation is 1. The van der Waals surface area contributed by atoms with Crippen LogP contribution in [0.3, 0.4) is 0 Å². The van der Waals surface area contributed by atoms with E-state index < -0.39 is 12.0 Å². The highest BCUT2D eigenvalue weighted by Crippen LogP contribution is 2.27. The Balaban J connectivity index is 2.28. The fraction of sp³-hybridized carbons (Fsp3) is 0.692. The number of hydrogen-bond acceptors (Lipinski definition) is 2. The molecule has 0 aliphatic carbocycles. The molecule has 1 N–H and O–H groups in total. The van der Waals surface area contributed by atoms with E-state index in [9.17, 15) is 9.90 Å². The summed E-state index contributed by atoms with van der Waals surface area (Å²) in [5, 5.41) is 9.18. The number of nitrogens with zero attached hydrogens (tertiary/aromatic N) is 2. The smallest absolute Gasteiger partial charge is 0.326 e. The molecule has 0 aromatic carbocycles. The number of fused-ring (bicyclic) bond motifs is 1. The number of carbonyl (C=O) groups is 1. The van der Waals surface area contributed by atoms with Gasteiger partial charge in [0.2, 0.25) is 0 Å². The van der Waals surface area contributed by atoms with Gasteiger partial charge in [0, 0.05) is 12.6 Å². The second kappa shape index (κ2) is 4.17. The van der Waals surface area contributed by atoms with Gasteiger partial charge >= 0.3 is 5.97 Å². The zero-order chi connectivity index (χ0) is 12.6. The van der Waals surface area contributed by atoms with E-state index in [1.54, 1.807) is 0 Å². The Morgan fingerprint density at radius 1 is 1.59 bits per heavy atom. The van der Waals surface area contributed by atoms with Gasteiger partial charge in [-0.1, -0.05) is 20.8 Å². The van der Waals surface area contributed by atoms with E-state index in [0.29, 0.717) is 6.42 Å². The van der Waals surface area contributed by atoms with Crippen LogP contribution < -0.4 is 0 Å². The monoisotopic (exact) mass is 236 g/mol. The van der Waals surface area contributed by atoms with Crippen molar-refractivity contribution in [2.45, 2.75) is 52.5 Å². The molecule has 0 saturated carbocycles. The minimum absolute atomic E-state index is 0.184. The quantitative estimate of drug-likeness (QED) is 0.858. The lowest BCUT2D eigenvalue weighted by molar-refractivity contribution is -0.141. The van der Waals surface area contributed by atoms with Crippen LogP contribution in [0.2, 0.25) is 0 Å². The summed E-state index contributed by atoms with van der Waals surface area (Å²) in [5.74, 6) is 0.188. The van der Waals surface area contributed by atoms with E-state index >= 15 is 0 Å². The van der Waals surface area contributed by atoms with Gasteiger partial charge < -0.3 is 9.67 Å². The fourth-order valence-electron chi connectivity index (χ4n) is 2.41. The first kappa shape index (κ1) is 12.1. The zero-order valence-electron chi connectivity index (χ0n) is 10.7. The lowest BCUT2D eigenvalue weighted by Gasteiger charge is -2.21. The van der Waals surface area contributed by atoms with Crippen LogP contribution in [0.1, 0.15) is 51.2 Å². The summed E-state index contributed by atoms with van der Waals surface area (Å²) in [6.07, 6.45) is 5.35. The van der Waals surface area contributed by atoms with Crippen molar-refractivity contribution < 1.29 is 9.90 Å². The zero-order valence-corrected chi connectivity index (χ0v) is 10.7. The maximum atomic E-state index is 11.2. The number of aliphatic carboxylic acids is 1. The first-order chi connectivity index (χ1) is 7.87. The van der Waals surface area contributed by atoms with Crippen LogP contribution >= 0.6 is 0 Å². The average Bonchev–Trinajstić information content (AvgIpc) is 2.55. The van der Waals surface area contributed by atoms with Gasteiger partial charge in [-0.2, -0.15) is 0 Å². The molecule has 4 heteroatoms. The lowest BCUT2D eigenvalue weighted by atomic mass is 9.91. The van der Waals surface area contributed by atoms with Crippen LogP contribution in [-0.4, -0.2) is 20.6 Å². The summed E-state index contributed by atoms with van der Waals surface area (Å²) in [7, 11) is 0. The van der Waals surface area contributed by atoms with Crippen LogP contribution in [0.25, 0.3) is 0 Å². The Labute approximate surface area is 102 Å². The molecular formula is C13H20N2O2. The van der Waals surface area contributed by atoms with Gasteiger partial charge in [0.25, 0.3) is 0 Å². The van der Waals surface area contributed by atoms with E-state index in [1.165, 1.54) is 0 Å². The topological polar surface area (TPSA) is 55.1 Å². The molecule has 94 valence electrons. The summed E-state index contributed by atoms with van der Waals surface area (Å²) in [6.45, 7) is 6.50. The summed E-state index contributed by atoms with van der Waals surface area (Å²) in [5.41, 5.74) is 1.20. The van der Waals surface area contributed by atoms with E-state index in [2.05, 4.69) is 25.8 Å². The number of carboxylic acids is 1. The molecule has 4 nitrogen and oxygen atoms in total. The molecule has 1 aromatic rings. The van der Waals surface area contributed by atoms with Crippen molar-refractivity contribution in [3.8, 4) is 0 Å². The van der Waals surface area contributed by atoms with E-state index in [1.807, 2.05) is 10.8 Å². The second-order valence-corrected chi connectivity index (χ2v) is 6.04. The van der Waals surface area contributed by atoms with Gasteiger partial charge in [-0.05, 0) is 24.7 Å². The highest BCUT2D eigenvalue weighted by Gasteiger charge is 2.27. The number of imidazole rings is 1. The van der Waals surface area contributed by atoms with Crippen molar-refractivity contribution in [3.05, 3.63) is 17.7 Å². The third-order valence-electron chi connectivity index (χ3n) is 3.07. The minimum atomic E-state index is -0.745. The van der Waals surface area contributed by atoms with E-state index in [-0.39, 0.29) is 5.41 Å².